The van der Waals surface area contributed by atoms with E-state index < -0.39 is 0 Å². The number of rotatable bonds is 6. The highest BCUT2D eigenvalue weighted by Crippen LogP contribution is 2.49. The van der Waals surface area contributed by atoms with Crippen LogP contribution in [0.3, 0.4) is 0 Å². The lowest BCUT2D eigenvalue weighted by Gasteiger charge is -2.09. The molecule has 3 aromatic rings. The molecule has 0 aliphatic carbocycles. The van der Waals surface area contributed by atoms with Gasteiger partial charge in [-0.1, -0.05) is 30.3 Å². The number of hydrogen-bond acceptors (Lipinski definition) is 4. The molecule has 4 rings (SSSR count). The van der Waals surface area contributed by atoms with Crippen molar-refractivity contribution in [2.24, 2.45) is 0 Å². The second kappa shape index (κ2) is 7.62. The molecule has 3 nitrogen and oxygen atoms in total. The van der Waals surface area contributed by atoms with Crippen LogP contribution in [0.15, 0.2) is 54.6 Å². The lowest BCUT2D eigenvalue weighted by Crippen LogP contribution is -2.14. The fourth-order valence-electron chi connectivity index (χ4n) is 3.21. The van der Waals surface area contributed by atoms with Crippen LogP contribution >= 0.6 is 11.3 Å². The van der Waals surface area contributed by atoms with E-state index in [1.165, 1.54) is 15.3 Å². The molecule has 0 spiro atoms. The molecule has 0 N–H and O–H groups in total. The van der Waals surface area contributed by atoms with E-state index >= 15 is 0 Å². The Balaban J connectivity index is 1.62. The van der Waals surface area contributed by atoms with Gasteiger partial charge in [-0.05, 0) is 51.3 Å². The topological polar surface area (TPSA) is 21.7 Å². The van der Waals surface area contributed by atoms with E-state index in [-0.39, 0.29) is 0 Å². The van der Waals surface area contributed by atoms with Crippen molar-refractivity contribution in [3.05, 3.63) is 59.5 Å². The van der Waals surface area contributed by atoms with Gasteiger partial charge in [-0.2, -0.15) is 0 Å². The second-order valence-electron chi connectivity index (χ2n) is 6.76. The van der Waals surface area contributed by atoms with Gasteiger partial charge in [0.25, 0.3) is 0 Å². The maximum Gasteiger partial charge on any atom is 0.136 e. The van der Waals surface area contributed by atoms with Crippen molar-refractivity contribution >= 4 is 11.3 Å². The van der Waals surface area contributed by atoms with Crippen LogP contribution in [-0.4, -0.2) is 32.1 Å². The van der Waals surface area contributed by atoms with Gasteiger partial charge in [-0.25, -0.2) is 0 Å². The number of hydrogen-bond donors (Lipinski definition) is 0. The summed E-state index contributed by atoms with van der Waals surface area (Å²) in [7, 11) is 4.18. The maximum atomic E-state index is 6.19. The van der Waals surface area contributed by atoms with E-state index in [1.54, 1.807) is 11.3 Å². The van der Waals surface area contributed by atoms with Crippen molar-refractivity contribution in [3.8, 4) is 33.1 Å². The standard InChI is InChI=1S/C22H23NO2S/c1-23(2)12-7-13-24-15-16-14-19-17-8-3-5-10-20(17)25-21-11-6-4-9-18(21)22(19)26-16/h3-6,8-11,14H,7,12-13,15H2,1-2H3. The fraction of sp³-hybridized carbons (Fsp3) is 0.273. The predicted octanol–water partition coefficient (Wildman–Crippen LogP) is 5.66. The first-order valence-electron chi connectivity index (χ1n) is 8.94. The minimum absolute atomic E-state index is 0.663. The fourth-order valence-corrected chi connectivity index (χ4v) is 4.35. The van der Waals surface area contributed by atoms with E-state index in [0.29, 0.717) is 6.61 Å². The monoisotopic (exact) mass is 365 g/mol. The van der Waals surface area contributed by atoms with Gasteiger partial charge in [0.05, 0.1) is 6.61 Å². The average Bonchev–Trinajstić information content (AvgIpc) is 3.01. The van der Waals surface area contributed by atoms with Crippen molar-refractivity contribution < 1.29 is 9.47 Å². The van der Waals surface area contributed by atoms with Gasteiger partial charge in [-0.15, -0.1) is 11.3 Å². The minimum atomic E-state index is 0.663. The largest absolute Gasteiger partial charge is 0.456 e. The number of para-hydroxylation sites is 2. The molecule has 0 saturated carbocycles. The molecule has 0 atom stereocenters. The quantitative estimate of drug-likeness (QED) is 0.412. The highest BCUT2D eigenvalue weighted by atomic mass is 32.1. The molecule has 0 fully saturated rings. The Hall–Kier alpha value is -2.14. The third-order valence-electron chi connectivity index (χ3n) is 4.45. The van der Waals surface area contributed by atoms with Crippen LogP contribution in [0.2, 0.25) is 0 Å². The number of nitrogens with zero attached hydrogens (tertiary/aromatic N) is 1. The zero-order valence-electron chi connectivity index (χ0n) is 15.2. The molecule has 26 heavy (non-hydrogen) atoms. The number of fused-ring (bicyclic) bond motifs is 5. The molecule has 0 bridgehead atoms. The summed E-state index contributed by atoms with van der Waals surface area (Å²) in [5, 5.41) is 0. The number of thiophene rings is 1. The second-order valence-corrected chi connectivity index (χ2v) is 7.90. The Bertz CT molecular complexity index is 838. The van der Waals surface area contributed by atoms with Crippen LogP contribution < -0.4 is 4.74 Å². The molecular formula is C22H23NO2S. The molecule has 1 aliphatic heterocycles. The predicted molar refractivity (Wildman–Crippen MR) is 108 cm³/mol. The lowest BCUT2D eigenvalue weighted by atomic mass is 10.0. The summed E-state index contributed by atoms with van der Waals surface area (Å²) >= 11 is 1.80. The normalized spacial score (nSPS) is 12.1. The van der Waals surface area contributed by atoms with Crippen molar-refractivity contribution in [1.82, 2.24) is 4.90 Å². The Morgan fingerprint density at radius 3 is 2.38 bits per heavy atom. The Labute approximate surface area is 158 Å². The van der Waals surface area contributed by atoms with E-state index in [4.69, 9.17) is 9.47 Å². The van der Waals surface area contributed by atoms with Gasteiger partial charge in [0.1, 0.15) is 11.5 Å². The van der Waals surface area contributed by atoms with Crippen LogP contribution in [-0.2, 0) is 11.3 Å². The molecule has 4 heteroatoms. The summed E-state index contributed by atoms with van der Waals surface area (Å²) in [6.07, 6.45) is 1.05. The van der Waals surface area contributed by atoms with E-state index in [9.17, 15) is 0 Å². The summed E-state index contributed by atoms with van der Waals surface area (Å²) < 4.78 is 12.1. The molecule has 0 radical (unpaired) electrons. The summed E-state index contributed by atoms with van der Waals surface area (Å²) in [4.78, 5) is 4.70. The highest BCUT2D eigenvalue weighted by molar-refractivity contribution is 7.16. The summed E-state index contributed by atoms with van der Waals surface area (Å²) in [6, 6.07) is 18.8. The zero-order valence-corrected chi connectivity index (χ0v) is 16.0. The summed E-state index contributed by atoms with van der Waals surface area (Å²) in [5.41, 5.74) is 3.54. The first kappa shape index (κ1) is 17.3. The van der Waals surface area contributed by atoms with Gasteiger partial charge in [-0.3, -0.25) is 0 Å². The molecule has 134 valence electrons. The zero-order chi connectivity index (χ0) is 17.9. The molecule has 0 amide bonds. The lowest BCUT2D eigenvalue weighted by molar-refractivity contribution is 0.115. The van der Waals surface area contributed by atoms with Crippen molar-refractivity contribution in [2.75, 3.05) is 27.2 Å². The maximum absolute atomic E-state index is 6.19. The Morgan fingerprint density at radius 2 is 1.62 bits per heavy atom. The van der Waals surface area contributed by atoms with Crippen molar-refractivity contribution in [1.29, 1.82) is 0 Å². The van der Waals surface area contributed by atoms with Gasteiger partial charge in [0.15, 0.2) is 0 Å². The minimum Gasteiger partial charge on any atom is -0.456 e. The van der Waals surface area contributed by atoms with Gasteiger partial charge < -0.3 is 14.4 Å². The SMILES string of the molecule is CN(C)CCCOCc1cc2c(s1)-c1ccccc1Oc1ccccc1-2. The molecule has 0 unspecified atom stereocenters. The van der Waals surface area contributed by atoms with Gasteiger partial charge >= 0.3 is 0 Å². The Morgan fingerprint density at radius 1 is 0.923 bits per heavy atom. The summed E-state index contributed by atoms with van der Waals surface area (Å²) in [5.74, 6) is 1.83. The van der Waals surface area contributed by atoms with Gasteiger partial charge in [0.2, 0.25) is 0 Å². The van der Waals surface area contributed by atoms with Crippen molar-refractivity contribution in [2.45, 2.75) is 13.0 Å². The third-order valence-corrected chi connectivity index (χ3v) is 5.59. The average molecular weight is 365 g/mol. The molecular weight excluding hydrogens is 342 g/mol. The molecule has 1 aromatic heterocycles. The molecule has 0 saturated heterocycles. The first-order valence-corrected chi connectivity index (χ1v) is 9.76. The third kappa shape index (κ3) is 3.54. The van der Waals surface area contributed by atoms with Crippen LogP contribution in [0.1, 0.15) is 11.3 Å². The molecule has 2 heterocycles. The van der Waals surface area contributed by atoms with Crippen LogP contribution in [0, 0.1) is 0 Å². The first-order chi connectivity index (χ1) is 12.7. The van der Waals surface area contributed by atoms with Crippen LogP contribution in [0.5, 0.6) is 11.5 Å². The smallest absolute Gasteiger partial charge is 0.136 e. The highest BCUT2D eigenvalue weighted by Gasteiger charge is 2.22. The van der Waals surface area contributed by atoms with E-state index in [1.807, 2.05) is 24.3 Å². The van der Waals surface area contributed by atoms with E-state index in [2.05, 4.69) is 49.3 Å². The molecule has 2 aromatic carbocycles. The van der Waals surface area contributed by atoms with Gasteiger partial charge in [0, 0.05) is 33.1 Å². The van der Waals surface area contributed by atoms with Crippen LogP contribution in [0.4, 0.5) is 0 Å². The summed E-state index contributed by atoms with van der Waals surface area (Å²) in [6.45, 7) is 2.51. The van der Waals surface area contributed by atoms with E-state index in [0.717, 1.165) is 42.2 Å². The van der Waals surface area contributed by atoms with Crippen molar-refractivity contribution in [3.63, 3.8) is 0 Å². The molecule has 1 aliphatic rings. The number of benzene rings is 2. The number of ether oxygens (including phenoxy) is 2. The van der Waals surface area contributed by atoms with Crippen LogP contribution in [0.25, 0.3) is 21.6 Å². The Kier molecular flexibility index (Phi) is 5.07.